The number of nitrogens with one attached hydrogen (secondary N) is 1. The Balaban J connectivity index is 2.98. The minimum atomic E-state index is 0.608. The molecule has 0 aliphatic heterocycles. The van der Waals surface area contributed by atoms with Crippen LogP contribution in [0.1, 0.15) is 32.3 Å². The largest absolute Gasteiger partial charge is 0.384 e. The Kier molecular flexibility index (Phi) is 4.33. The Morgan fingerprint density at radius 2 is 2.07 bits per heavy atom. The van der Waals surface area contributed by atoms with Crippen LogP contribution in [0.2, 0.25) is 0 Å². The van der Waals surface area contributed by atoms with Gasteiger partial charge in [0.15, 0.2) is 0 Å². The number of anilines is 1. The molecule has 1 aromatic carbocycles. The van der Waals surface area contributed by atoms with Gasteiger partial charge in [-0.05, 0) is 36.8 Å². The fraction of sp³-hybridized carbons (Fsp3) is 0.500. The van der Waals surface area contributed by atoms with Crippen LogP contribution in [0.3, 0.4) is 0 Å². The van der Waals surface area contributed by atoms with E-state index in [1.54, 1.807) is 11.8 Å². The molecule has 0 amide bonds. The highest BCUT2D eigenvalue weighted by molar-refractivity contribution is 7.98. The number of hydrogen-bond donors (Lipinski definition) is 1. The molecule has 1 aromatic rings. The van der Waals surface area contributed by atoms with Crippen LogP contribution in [0.4, 0.5) is 5.69 Å². The van der Waals surface area contributed by atoms with Crippen LogP contribution in [-0.2, 0) is 0 Å². The zero-order valence-corrected chi connectivity index (χ0v) is 10.2. The van der Waals surface area contributed by atoms with Crippen LogP contribution in [0.5, 0.6) is 0 Å². The molecule has 0 saturated heterocycles. The lowest BCUT2D eigenvalue weighted by Crippen LogP contribution is -1.99. The lowest BCUT2D eigenvalue weighted by Gasteiger charge is -2.12. The van der Waals surface area contributed by atoms with Crippen molar-refractivity contribution in [2.45, 2.75) is 31.6 Å². The van der Waals surface area contributed by atoms with E-state index in [2.05, 4.69) is 50.5 Å². The van der Waals surface area contributed by atoms with Gasteiger partial charge in [0, 0.05) is 17.1 Å². The van der Waals surface area contributed by atoms with Gasteiger partial charge in [-0.25, -0.2) is 0 Å². The summed E-state index contributed by atoms with van der Waals surface area (Å²) in [6.07, 6.45) is 2.13. The summed E-state index contributed by atoms with van der Waals surface area (Å²) < 4.78 is 0. The zero-order valence-electron chi connectivity index (χ0n) is 9.42. The Hall–Kier alpha value is -0.630. The maximum atomic E-state index is 3.37. The highest BCUT2D eigenvalue weighted by Gasteiger charge is 2.04. The molecule has 0 unspecified atom stereocenters. The molecule has 14 heavy (non-hydrogen) atoms. The first-order valence-electron chi connectivity index (χ1n) is 5.10. The van der Waals surface area contributed by atoms with E-state index in [0.717, 1.165) is 6.54 Å². The summed E-state index contributed by atoms with van der Waals surface area (Å²) in [7, 11) is 0. The molecule has 2 heteroatoms. The third-order valence-corrected chi connectivity index (χ3v) is 3.04. The molecule has 1 rings (SSSR count). The van der Waals surface area contributed by atoms with E-state index in [9.17, 15) is 0 Å². The van der Waals surface area contributed by atoms with Crippen LogP contribution in [-0.4, -0.2) is 12.8 Å². The summed E-state index contributed by atoms with van der Waals surface area (Å²) in [4.78, 5) is 1.35. The summed E-state index contributed by atoms with van der Waals surface area (Å²) in [5, 5.41) is 3.37. The molecule has 1 N–H and O–H groups in total. The number of thioether (sulfide) groups is 1. The van der Waals surface area contributed by atoms with Gasteiger partial charge in [0.25, 0.3) is 0 Å². The van der Waals surface area contributed by atoms with Crippen LogP contribution in [0, 0.1) is 0 Å². The third-order valence-electron chi connectivity index (χ3n) is 2.26. The highest BCUT2D eigenvalue weighted by atomic mass is 32.2. The highest BCUT2D eigenvalue weighted by Crippen LogP contribution is 2.29. The van der Waals surface area contributed by atoms with E-state index in [-0.39, 0.29) is 0 Å². The maximum absolute atomic E-state index is 3.37. The predicted octanol–water partition coefficient (Wildman–Crippen LogP) is 3.96. The molecular weight excluding hydrogens is 190 g/mol. The van der Waals surface area contributed by atoms with Gasteiger partial charge in [-0.2, -0.15) is 0 Å². The smallest absolute Gasteiger partial charge is 0.0478 e. The second-order valence-corrected chi connectivity index (χ2v) is 4.49. The number of hydrogen-bond acceptors (Lipinski definition) is 2. The molecule has 0 bridgehead atoms. The van der Waals surface area contributed by atoms with Gasteiger partial charge in [-0.15, -0.1) is 11.8 Å². The van der Waals surface area contributed by atoms with Crippen molar-refractivity contribution in [3.8, 4) is 0 Å². The number of benzene rings is 1. The van der Waals surface area contributed by atoms with Crippen LogP contribution >= 0.6 is 11.8 Å². The predicted molar refractivity (Wildman–Crippen MR) is 66.5 cm³/mol. The molecule has 0 atom stereocenters. The molecule has 0 radical (unpaired) electrons. The van der Waals surface area contributed by atoms with E-state index in [1.807, 2.05) is 0 Å². The summed E-state index contributed by atoms with van der Waals surface area (Å²) >= 11 is 1.80. The van der Waals surface area contributed by atoms with Crippen molar-refractivity contribution in [1.29, 1.82) is 0 Å². The summed E-state index contributed by atoms with van der Waals surface area (Å²) in [6, 6.07) is 6.68. The first-order chi connectivity index (χ1) is 6.69. The van der Waals surface area contributed by atoms with Gasteiger partial charge in [0.05, 0.1) is 0 Å². The molecule has 0 heterocycles. The first kappa shape index (κ1) is 11.4. The fourth-order valence-electron chi connectivity index (χ4n) is 1.40. The first-order valence-corrected chi connectivity index (χ1v) is 6.33. The van der Waals surface area contributed by atoms with Crippen molar-refractivity contribution in [3.05, 3.63) is 23.8 Å². The quantitative estimate of drug-likeness (QED) is 0.753. The minimum Gasteiger partial charge on any atom is -0.384 e. The van der Waals surface area contributed by atoms with Gasteiger partial charge < -0.3 is 5.32 Å². The normalized spacial score (nSPS) is 10.6. The van der Waals surface area contributed by atoms with E-state index < -0.39 is 0 Å². The van der Waals surface area contributed by atoms with Crippen molar-refractivity contribution in [2.24, 2.45) is 0 Å². The fourth-order valence-corrected chi connectivity index (χ4v) is 2.02. The molecule has 0 fully saturated rings. The van der Waals surface area contributed by atoms with Crippen LogP contribution in [0.25, 0.3) is 0 Å². The standard InChI is InChI=1S/C12H19NS/c1-5-13-11-7-6-10(9(2)3)8-12(11)14-4/h6-9,13H,5H2,1-4H3. The maximum Gasteiger partial charge on any atom is 0.0478 e. The Morgan fingerprint density at radius 3 is 2.57 bits per heavy atom. The summed E-state index contributed by atoms with van der Waals surface area (Å²) in [5.41, 5.74) is 2.67. The average Bonchev–Trinajstić information content (AvgIpc) is 2.18. The Labute approximate surface area is 91.3 Å². The van der Waals surface area contributed by atoms with Gasteiger partial charge in [-0.1, -0.05) is 19.9 Å². The second-order valence-electron chi connectivity index (χ2n) is 3.64. The molecule has 1 nitrogen and oxygen atoms in total. The van der Waals surface area contributed by atoms with Crippen molar-refractivity contribution in [3.63, 3.8) is 0 Å². The van der Waals surface area contributed by atoms with Crippen LogP contribution < -0.4 is 5.32 Å². The van der Waals surface area contributed by atoms with E-state index in [1.165, 1.54) is 16.1 Å². The Morgan fingerprint density at radius 1 is 1.36 bits per heavy atom. The SMILES string of the molecule is CCNc1ccc(C(C)C)cc1SC. The molecular formula is C12H19NS. The molecule has 0 aliphatic carbocycles. The van der Waals surface area contributed by atoms with E-state index in [0.29, 0.717) is 5.92 Å². The Bertz CT molecular complexity index is 294. The summed E-state index contributed by atoms with van der Waals surface area (Å²) in [5.74, 6) is 0.608. The summed E-state index contributed by atoms with van der Waals surface area (Å²) in [6.45, 7) is 7.56. The average molecular weight is 209 g/mol. The molecule has 0 aromatic heterocycles. The van der Waals surface area contributed by atoms with Crippen molar-refractivity contribution >= 4 is 17.4 Å². The van der Waals surface area contributed by atoms with Crippen molar-refractivity contribution < 1.29 is 0 Å². The zero-order chi connectivity index (χ0) is 10.6. The number of rotatable bonds is 4. The molecule has 0 spiro atoms. The van der Waals surface area contributed by atoms with E-state index in [4.69, 9.17) is 0 Å². The molecule has 0 aliphatic rings. The lowest BCUT2D eigenvalue weighted by atomic mass is 10.0. The van der Waals surface area contributed by atoms with Gasteiger partial charge >= 0.3 is 0 Å². The topological polar surface area (TPSA) is 12.0 Å². The lowest BCUT2D eigenvalue weighted by molar-refractivity contribution is 0.862. The van der Waals surface area contributed by atoms with Crippen molar-refractivity contribution in [2.75, 3.05) is 18.1 Å². The minimum absolute atomic E-state index is 0.608. The second kappa shape index (κ2) is 5.30. The monoisotopic (exact) mass is 209 g/mol. The van der Waals surface area contributed by atoms with E-state index >= 15 is 0 Å². The molecule has 0 saturated carbocycles. The van der Waals surface area contributed by atoms with Gasteiger partial charge in [-0.3, -0.25) is 0 Å². The van der Waals surface area contributed by atoms with Crippen LogP contribution in [0.15, 0.2) is 23.1 Å². The molecule has 78 valence electrons. The van der Waals surface area contributed by atoms with Gasteiger partial charge in [0.1, 0.15) is 0 Å². The van der Waals surface area contributed by atoms with Crippen molar-refractivity contribution in [1.82, 2.24) is 0 Å². The third kappa shape index (κ3) is 2.68. The van der Waals surface area contributed by atoms with Gasteiger partial charge in [0.2, 0.25) is 0 Å².